The molecule has 1 fully saturated rings. The number of ether oxygens (including phenoxy) is 2. The highest BCUT2D eigenvalue weighted by Crippen LogP contribution is 2.26. The number of nitrogens with zero attached hydrogens (tertiary/aromatic N) is 1. The second-order valence-electron chi connectivity index (χ2n) is 4.23. The average molecular weight is 235 g/mol. The minimum Gasteiger partial charge on any atom is -0.381 e. The van der Waals surface area contributed by atoms with Gasteiger partial charge in [-0.25, -0.2) is 0 Å². The van der Waals surface area contributed by atoms with Crippen molar-refractivity contribution in [3.63, 3.8) is 0 Å². The van der Waals surface area contributed by atoms with Gasteiger partial charge in [-0.1, -0.05) is 6.07 Å². The summed E-state index contributed by atoms with van der Waals surface area (Å²) in [6.45, 7) is 1.17. The number of carbonyl (C=O) groups excluding carboxylic acids is 1. The lowest BCUT2D eigenvalue weighted by Gasteiger charge is -2.34. The summed E-state index contributed by atoms with van der Waals surface area (Å²) in [5.41, 5.74) is 0.121. The quantitative estimate of drug-likeness (QED) is 0.791. The van der Waals surface area contributed by atoms with E-state index in [9.17, 15) is 4.79 Å². The van der Waals surface area contributed by atoms with Gasteiger partial charge < -0.3 is 9.47 Å². The fourth-order valence-corrected chi connectivity index (χ4v) is 2.13. The predicted molar refractivity (Wildman–Crippen MR) is 62.7 cm³/mol. The highest BCUT2D eigenvalue weighted by atomic mass is 16.5. The highest BCUT2D eigenvalue weighted by Gasteiger charge is 2.39. The fourth-order valence-electron chi connectivity index (χ4n) is 2.13. The Morgan fingerprint density at radius 2 is 2.24 bits per heavy atom. The van der Waals surface area contributed by atoms with Crippen molar-refractivity contribution in [2.75, 3.05) is 20.3 Å². The molecule has 0 atom stereocenters. The molecule has 4 heteroatoms. The summed E-state index contributed by atoms with van der Waals surface area (Å²) in [6.07, 6.45) is 3.30. The van der Waals surface area contributed by atoms with Crippen LogP contribution in [0.25, 0.3) is 0 Å². The Morgan fingerprint density at radius 3 is 2.82 bits per heavy atom. The molecule has 4 nitrogen and oxygen atoms in total. The Hall–Kier alpha value is -1.26. The zero-order valence-electron chi connectivity index (χ0n) is 10.0. The lowest BCUT2D eigenvalue weighted by Crippen LogP contribution is -2.46. The van der Waals surface area contributed by atoms with Gasteiger partial charge >= 0.3 is 0 Å². The molecule has 17 heavy (non-hydrogen) atoms. The van der Waals surface area contributed by atoms with Gasteiger partial charge in [0.25, 0.3) is 0 Å². The first kappa shape index (κ1) is 12.2. The molecule has 0 amide bonds. The van der Waals surface area contributed by atoms with Crippen LogP contribution in [0.15, 0.2) is 24.4 Å². The van der Waals surface area contributed by atoms with Crippen LogP contribution in [-0.2, 0) is 20.7 Å². The molecule has 0 N–H and O–H groups in total. The second kappa shape index (κ2) is 5.38. The van der Waals surface area contributed by atoms with Crippen LogP contribution in [0.2, 0.25) is 0 Å². The van der Waals surface area contributed by atoms with Gasteiger partial charge in [0.2, 0.25) is 0 Å². The van der Waals surface area contributed by atoms with Crippen molar-refractivity contribution in [2.24, 2.45) is 0 Å². The van der Waals surface area contributed by atoms with Gasteiger partial charge in [0.1, 0.15) is 5.60 Å². The molecule has 1 aromatic heterocycles. The Labute approximate surface area is 101 Å². The molecular weight excluding hydrogens is 218 g/mol. The van der Waals surface area contributed by atoms with Crippen molar-refractivity contribution in [2.45, 2.75) is 24.9 Å². The van der Waals surface area contributed by atoms with Crippen molar-refractivity contribution in [1.29, 1.82) is 0 Å². The highest BCUT2D eigenvalue weighted by molar-refractivity contribution is 5.89. The first-order valence-corrected chi connectivity index (χ1v) is 5.83. The van der Waals surface area contributed by atoms with Gasteiger partial charge in [0.15, 0.2) is 5.78 Å². The number of ketones is 1. The average Bonchev–Trinajstić information content (AvgIpc) is 2.40. The normalized spacial score (nSPS) is 18.9. The van der Waals surface area contributed by atoms with E-state index in [1.807, 2.05) is 18.2 Å². The summed E-state index contributed by atoms with van der Waals surface area (Å²) in [4.78, 5) is 16.5. The molecule has 0 aliphatic carbocycles. The predicted octanol–water partition coefficient (Wildman–Crippen LogP) is 1.39. The van der Waals surface area contributed by atoms with E-state index in [4.69, 9.17) is 9.47 Å². The van der Waals surface area contributed by atoms with Crippen LogP contribution < -0.4 is 0 Å². The first-order chi connectivity index (χ1) is 8.27. The summed E-state index contributed by atoms with van der Waals surface area (Å²) in [5.74, 6) is 0.0991. The third kappa shape index (κ3) is 2.70. The molecule has 2 rings (SSSR count). The number of methoxy groups -OCH3 is 1. The molecule has 0 aromatic carbocycles. The van der Waals surface area contributed by atoms with Crippen molar-refractivity contribution in [3.8, 4) is 0 Å². The first-order valence-electron chi connectivity index (χ1n) is 5.83. The Bertz CT molecular complexity index is 372. The number of Topliss-reactive ketones (excluding diaryl/α,β-unsaturated/α-hetero) is 1. The largest absolute Gasteiger partial charge is 0.381 e. The van der Waals surface area contributed by atoms with Crippen LogP contribution in [0, 0.1) is 0 Å². The SMILES string of the molecule is COC1(C(=O)Cc2ccccn2)CCOCC1. The van der Waals surface area contributed by atoms with Crippen molar-refractivity contribution >= 4 is 5.78 Å². The molecule has 1 aromatic rings. The van der Waals surface area contributed by atoms with Crippen molar-refractivity contribution in [3.05, 3.63) is 30.1 Å². The molecular formula is C13H17NO3. The molecule has 0 bridgehead atoms. The Kier molecular flexibility index (Phi) is 3.86. The lowest BCUT2D eigenvalue weighted by molar-refractivity contribution is -0.152. The van der Waals surface area contributed by atoms with Crippen molar-refractivity contribution in [1.82, 2.24) is 4.98 Å². The van der Waals surface area contributed by atoms with Crippen LogP contribution in [0.3, 0.4) is 0 Å². The minimum absolute atomic E-state index is 0.0991. The van der Waals surface area contributed by atoms with E-state index in [2.05, 4.69) is 4.98 Å². The number of hydrogen-bond donors (Lipinski definition) is 0. The van der Waals surface area contributed by atoms with Gasteiger partial charge in [-0.3, -0.25) is 9.78 Å². The lowest BCUT2D eigenvalue weighted by atomic mass is 9.87. The molecule has 1 saturated heterocycles. The van der Waals surface area contributed by atoms with Crippen LogP contribution in [0.5, 0.6) is 0 Å². The summed E-state index contributed by atoms with van der Waals surface area (Å²) in [6, 6.07) is 5.59. The third-order valence-electron chi connectivity index (χ3n) is 3.27. The molecule has 2 heterocycles. The van der Waals surface area contributed by atoms with Gasteiger partial charge in [0.05, 0.1) is 6.42 Å². The van der Waals surface area contributed by atoms with Crippen LogP contribution in [0.1, 0.15) is 18.5 Å². The van der Waals surface area contributed by atoms with E-state index in [1.54, 1.807) is 13.3 Å². The maximum atomic E-state index is 12.3. The summed E-state index contributed by atoms with van der Waals surface area (Å²) >= 11 is 0. The second-order valence-corrected chi connectivity index (χ2v) is 4.23. The number of carbonyl (C=O) groups is 1. The smallest absolute Gasteiger partial charge is 0.170 e. The Balaban J connectivity index is 2.07. The van der Waals surface area contributed by atoms with E-state index < -0.39 is 5.60 Å². The Morgan fingerprint density at radius 1 is 1.47 bits per heavy atom. The fraction of sp³-hybridized carbons (Fsp3) is 0.538. The zero-order chi connectivity index (χ0) is 12.1. The maximum absolute atomic E-state index is 12.3. The minimum atomic E-state index is -0.671. The number of aromatic nitrogens is 1. The molecule has 1 aliphatic rings. The van der Waals surface area contributed by atoms with Gasteiger partial charge in [-0.2, -0.15) is 0 Å². The van der Waals surface area contributed by atoms with E-state index >= 15 is 0 Å². The standard InChI is InChI=1S/C13H17NO3/c1-16-13(5-8-17-9-6-13)12(15)10-11-4-2-3-7-14-11/h2-4,7H,5-6,8-10H2,1H3. The molecule has 0 radical (unpaired) electrons. The van der Waals surface area contributed by atoms with Gasteiger partial charge in [-0.05, 0) is 12.1 Å². The van der Waals surface area contributed by atoms with Crippen LogP contribution in [-0.4, -0.2) is 36.7 Å². The molecule has 0 unspecified atom stereocenters. The summed E-state index contributed by atoms with van der Waals surface area (Å²) < 4.78 is 10.7. The molecule has 92 valence electrons. The number of rotatable bonds is 4. The van der Waals surface area contributed by atoms with E-state index in [1.165, 1.54) is 0 Å². The molecule has 0 saturated carbocycles. The van der Waals surface area contributed by atoms with Crippen LogP contribution >= 0.6 is 0 Å². The number of hydrogen-bond acceptors (Lipinski definition) is 4. The summed E-state index contributed by atoms with van der Waals surface area (Å²) in [5, 5.41) is 0. The van der Waals surface area contributed by atoms with Gasteiger partial charge in [0, 0.05) is 45.1 Å². The molecule has 0 spiro atoms. The monoisotopic (exact) mass is 235 g/mol. The van der Waals surface area contributed by atoms with Crippen LogP contribution in [0.4, 0.5) is 0 Å². The zero-order valence-corrected chi connectivity index (χ0v) is 10.0. The third-order valence-corrected chi connectivity index (χ3v) is 3.27. The topological polar surface area (TPSA) is 48.4 Å². The number of pyridine rings is 1. The van der Waals surface area contributed by atoms with E-state index in [0.29, 0.717) is 32.5 Å². The molecule has 1 aliphatic heterocycles. The summed E-state index contributed by atoms with van der Waals surface area (Å²) in [7, 11) is 1.60. The van der Waals surface area contributed by atoms with Crippen molar-refractivity contribution < 1.29 is 14.3 Å². The van der Waals surface area contributed by atoms with E-state index in [0.717, 1.165) is 5.69 Å². The van der Waals surface area contributed by atoms with E-state index in [-0.39, 0.29) is 5.78 Å². The maximum Gasteiger partial charge on any atom is 0.170 e. The van der Waals surface area contributed by atoms with Gasteiger partial charge in [-0.15, -0.1) is 0 Å².